The van der Waals surface area contributed by atoms with E-state index < -0.39 is 0 Å². The van der Waals surface area contributed by atoms with E-state index in [2.05, 4.69) is 72.6 Å². The molecule has 1 aliphatic heterocycles. The Morgan fingerprint density at radius 2 is 1.73 bits per heavy atom. The molecule has 134 valence electrons. The number of hydrogen-bond donors (Lipinski definition) is 0. The smallest absolute Gasteiger partial charge is 0.0531 e. The second-order valence-corrected chi connectivity index (χ2v) is 7.53. The molecular formula is C23H27N3. The van der Waals surface area contributed by atoms with Crippen molar-refractivity contribution in [3.8, 4) is 0 Å². The van der Waals surface area contributed by atoms with Crippen molar-refractivity contribution < 1.29 is 0 Å². The first-order valence-corrected chi connectivity index (χ1v) is 9.46. The quantitative estimate of drug-likeness (QED) is 0.666. The van der Waals surface area contributed by atoms with E-state index >= 15 is 0 Å². The van der Waals surface area contributed by atoms with Gasteiger partial charge in [0.1, 0.15) is 0 Å². The minimum atomic E-state index is 1.10. The van der Waals surface area contributed by atoms with Crippen molar-refractivity contribution in [3.05, 3.63) is 65.1 Å². The van der Waals surface area contributed by atoms with Gasteiger partial charge in [0.15, 0.2) is 0 Å². The first-order valence-electron chi connectivity index (χ1n) is 9.46. The molecule has 0 bridgehead atoms. The van der Waals surface area contributed by atoms with Gasteiger partial charge in [-0.1, -0.05) is 11.6 Å². The Morgan fingerprint density at radius 1 is 1.00 bits per heavy atom. The van der Waals surface area contributed by atoms with Gasteiger partial charge in [0.05, 0.1) is 5.52 Å². The van der Waals surface area contributed by atoms with Crippen LogP contribution in [0.4, 0.5) is 0 Å². The SMILES string of the molecule is C/C(=C(/C)n1c2c(c3cc(C)ccc31)CCN(C)CC2)c1ccncc1. The molecule has 3 heterocycles. The summed E-state index contributed by atoms with van der Waals surface area (Å²) in [6.45, 7) is 8.91. The summed E-state index contributed by atoms with van der Waals surface area (Å²) in [7, 11) is 2.23. The number of nitrogens with zero attached hydrogens (tertiary/aromatic N) is 3. The van der Waals surface area contributed by atoms with Crippen molar-refractivity contribution in [1.82, 2.24) is 14.5 Å². The van der Waals surface area contributed by atoms with Crippen molar-refractivity contribution in [2.45, 2.75) is 33.6 Å². The summed E-state index contributed by atoms with van der Waals surface area (Å²) >= 11 is 0. The molecule has 0 amide bonds. The number of hydrogen-bond acceptors (Lipinski definition) is 2. The van der Waals surface area contributed by atoms with Gasteiger partial charge in [0.25, 0.3) is 0 Å². The molecule has 0 atom stereocenters. The number of aromatic nitrogens is 2. The van der Waals surface area contributed by atoms with Crippen LogP contribution < -0.4 is 0 Å². The Balaban J connectivity index is 1.98. The van der Waals surface area contributed by atoms with Crippen LogP contribution in [0, 0.1) is 6.92 Å². The normalized spacial score (nSPS) is 16.3. The molecule has 3 heteroatoms. The lowest BCUT2D eigenvalue weighted by Gasteiger charge is -2.16. The van der Waals surface area contributed by atoms with E-state index in [1.165, 1.54) is 44.6 Å². The molecule has 0 radical (unpaired) electrons. The number of benzene rings is 1. The number of pyridine rings is 1. The molecule has 0 saturated heterocycles. The first kappa shape index (κ1) is 17.0. The van der Waals surface area contributed by atoms with Crippen molar-refractivity contribution in [1.29, 1.82) is 0 Å². The predicted molar refractivity (Wildman–Crippen MR) is 110 cm³/mol. The van der Waals surface area contributed by atoms with Gasteiger partial charge in [-0.25, -0.2) is 0 Å². The van der Waals surface area contributed by atoms with Crippen LogP contribution >= 0.6 is 0 Å². The van der Waals surface area contributed by atoms with Crippen LogP contribution in [-0.2, 0) is 12.8 Å². The van der Waals surface area contributed by atoms with Gasteiger partial charge < -0.3 is 9.47 Å². The minimum Gasteiger partial charge on any atom is -0.317 e. The maximum absolute atomic E-state index is 4.17. The van der Waals surface area contributed by atoms with Gasteiger partial charge in [-0.15, -0.1) is 0 Å². The van der Waals surface area contributed by atoms with Crippen LogP contribution in [0.1, 0.15) is 36.2 Å². The zero-order valence-electron chi connectivity index (χ0n) is 16.2. The second-order valence-electron chi connectivity index (χ2n) is 7.53. The molecule has 26 heavy (non-hydrogen) atoms. The summed E-state index contributed by atoms with van der Waals surface area (Å²) < 4.78 is 2.51. The second kappa shape index (κ2) is 6.73. The average Bonchev–Trinajstić information content (AvgIpc) is 2.83. The standard InChI is InChI=1S/C23H27N3/c1-16-5-6-22-21(15-16)20-9-13-25(4)14-10-23(20)26(22)18(3)17(2)19-7-11-24-12-8-19/h5-8,11-12,15H,9-10,13-14H2,1-4H3/b18-17+. The van der Waals surface area contributed by atoms with Gasteiger partial charge in [0.2, 0.25) is 0 Å². The lowest BCUT2D eigenvalue weighted by Crippen LogP contribution is -2.21. The molecular weight excluding hydrogens is 318 g/mol. The minimum absolute atomic E-state index is 1.10. The van der Waals surface area contributed by atoms with Crippen molar-refractivity contribution in [3.63, 3.8) is 0 Å². The highest BCUT2D eigenvalue weighted by atomic mass is 15.1. The highest BCUT2D eigenvalue weighted by Gasteiger charge is 2.22. The van der Waals surface area contributed by atoms with E-state index in [0.717, 1.165) is 25.9 Å². The molecule has 0 unspecified atom stereocenters. The summed E-state index contributed by atoms with van der Waals surface area (Å²) in [6.07, 6.45) is 5.97. The van der Waals surface area contributed by atoms with Crippen LogP contribution in [0.5, 0.6) is 0 Å². The maximum Gasteiger partial charge on any atom is 0.0531 e. The van der Waals surface area contributed by atoms with Gasteiger partial charge in [-0.2, -0.15) is 0 Å². The fraction of sp³-hybridized carbons (Fsp3) is 0.348. The Hall–Kier alpha value is -2.39. The average molecular weight is 345 g/mol. The molecule has 1 aromatic carbocycles. The number of allylic oxidation sites excluding steroid dienone is 2. The lowest BCUT2D eigenvalue weighted by molar-refractivity contribution is 0.351. The Bertz CT molecular complexity index is 980. The maximum atomic E-state index is 4.17. The van der Waals surface area contributed by atoms with Gasteiger partial charge in [0, 0.05) is 48.7 Å². The molecule has 3 aromatic rings. The van der Waals surface area contributed by atoms with Crippen LogP contribution in [0.3, 0.4) is 0 Å². The van der Waals surface area contributed by atoms with E-state index in [9.17, 15) is 0 Å². The number of rotatable bonds is 2. The summed E-state index contributed by atoms with van der Waals surface area (Å²) in [5, 5.41) is 1.43. The molecule has 0 N–H and O–H groups in total. The molecule has 2 aromatic heterocycles. The number of aryl methyl sites for hydroxylation is 1. The monoisotopic (exact) mass is 345 g/mol. The van der Waals surface area contributed by atoms with Gasteiger partial charge in [-0.05, 0) is 75.2 Å². The highest BCUT2D eigenvalue weighted by molar-refractivity contribution is 5.93. The number of fused-ring (bicyclic) bond motifs is 3. The third-order valence-corrected chi connectivity index (χ3v) is 5.80. The van der Waals surface area contributed by atoms with E-state index in [4.69, 9.17) is 0 Å². The Labute approximate surface area is 156 Å². The Kier molecular flexibility index (Phi) is 4.41. The third-order valence-electron chi connectivity index (χ3n) is 5.80. The molecule has 0 spiro atoms. The predicted octanol–water partition coefficient (Wildman–Crippen LogP) is 4.78. The van der Waals surface area contributed by atoms with Gasteiger partial charge >= 0.3 is 0 Å². The van der Waals surface area contributed by atoms with Crippen LogP contribution in [0.25, 0.3) is 22.2 Å². The van der Waals surface area contributed by atoms with Crippen molar-refractivity contribution in [2.75, 3.05) is 20.1 Å². The highest BCUT2D eigenvalue weighted by Crippen LogP contribution is 2.34. The van der Waals surface area contributed by atoms with Gasteiger partial charge in [-0.3, -0.25) is 4.98 Å². The molecule has 3 nitrogen and oxygen atoms in total. The van der Waals surface area contributed by atoms with E-state index in [1.54, 1.807) is 0 Å². The van der Waals surface area contributed by atoms with Crippen LogP contribution in [0.15, 0.2) is 42.7 Å². The van der Waals surface area contributed by atoms with Crippen LogP contribution in [-0.4, -0.2) is 34.6 Å². The van der Waals surface area contributed by atoms with E-state index in [1.807, 2.05) is 12.4 Å². The summed E-state index contributed by atoms with van der Waals surface area (Å²) in [5.41, 5.74) is 9.57. The zero-order valence-corrected chi connectivity index (χ0v) is 16.2. The summed E-state index contributed by atoms with van der Waals surface area (Å²) in [4.78, 5) is 6.61. The summed E-state index contributed by atoms with van der Waals surface area (Å²) in [5.74, 6) is 0. The summed E-state index contributed by atoms with van der Waals surface area (Å²) in [6, 6.07) is 11.1. The molecule has 4 rings (SSSR count). The third kappa shape index (κ3) is 2.86. The first-order chi connectivity index (χ1) is 12.6. The number of likely N-dealkylation sites (N-methyl/N-ethyl adjacent to an activating group) is 1. The van der Waals surface area contributed by atoms with Crippen molar-refractivity contribution >= 4 is 22.2 Å². The Morgan fingerprint density at radius 3 is 2.50 bits per heavy atom. The topological polar surface area (TPSA) is 21.1 Å². The van der Waals surface area contributed by atoms with E-state index in [0.29, 0.717) is 0 Å². The molecule has 0 aliphatic carbocycles. The fourth-order valence-electron chi connectivity index (χ4n) is 4.14. The fourth-order valence-corrected chi connectivity index (χ4v) is 4.14. The molecule has 1 aliphatic rings. The largest absolute Gasteiger partial charge is 0.317 e. The van der Waals surface area contributed by atoms with E-state index in [-0.39, 0.29) is 0 Å². The molecule has 0 fully saturated rings. The van der Waals surface area contributed by atoms with Crippen LogP contribution in [0.2, 0.25) is 0 Å². The molecule has 0 saturated carbocycles. The zero-order chi connectivity index (χ0) is 18.3. The van der Waals surface area contributed by atoms with Crippen molar-refractivity contribution in [2.24, 2.45) is 0 Å². The lowest BCUT2D eigenvalue weighted by atomic mass is 10.1.